The van der Waals surface area contributed by atoms with Crippen LogP contribution in [-0.4, -0.2) is 43.6 Å². The summed E-state index contributed by atoms with van der Waals surface area (Å²) in [5.74, 6) is 0.658. The highest BCUT2D eigenvalue weighted by Crippen LogP contribution is 2.36. The summed E-state index contributed by atoms with van der Waals surface area (Å²) in [6, 6.07) is 10.0. The largest absolute Gasteiger partial charge is 0.484 e. The van der Waals surface area contributed by atoms with E-state index < -0.39 is 17.8 Å². The Balaban J connectivity index is 1.66. The van der Waals surface area contributed by atoms with Crippen molar-refractivity contribution in [1.82, 2.24) is 4.90 Å². The van der Waals surface area contributed by atoms with Crippen molar-refractivity contribution in [1.29, 1.82) is 0 Å². The highest BCUT2D eigenvalue weighted by molar-refractivity contribution is 6.30. The Kier molecular flexibility index (Phi) is 8.13. The fourth-order valence-corrected chi connectivity index (χ4v) is 4.04. The van der Waals surface area contributed by atoms with E-state index in [1.165, 1.54) is 12.1 Å². The standard InChI is InChI=1S/C24H29ClF3N3O2/c1-16(2)13-21(29)20-14-17(24(26,27)28)3-8-22(20)30-9-11-31(12-10-30)23(32)15-33-19-6-4-18(25)5-7-19/h3-8,14,16,21H,9-13,15,29H2,1-2H3/t21-/m0/s1. The number of rotatable bonds is 7. The third kappa shape index (κ3) is 6.77. The van der Waals surface area contributed by atoms with Crippen LogP contribution < -0.4 is 15.4 Å². The molecule has 1 heterocycles. The minimum atomic E-state index is -4.43. The van der Waals surface area contributed by atoms with E-state index in [9.17, 15) is 18.0 Å². The van der Waals surface area contributed by atoms with Gasteiger partial charge in [0.05, 0.1) is 5.56 Å². The maximum absolute atomic E-state index is 13.3. The molecular weight excluding hydrogens is 455 g/mol. The number of halogens is 4. The Morgan fingerprint density at radius 2 is 1.73 bits per heavy atom. The molecule has 0 aliphatic carbocycles. The normalized spacial score (nSPS) is 15.6. The van der Waals surface area contributed by atoms with E-state index in [0.29, 0.717) is 54.6 Å². The molecule has 9 heteroatoms. The van der Waals surface area contributed by atoms with Gasteiger partial charge in [0.15, 0.2) is 6.61 Å². The highest BCUT2D eigenvalue weighted by Gasteiger charge is 2.33. The first-order valence-electron chi connectivity index (χ1n) is 10.9. The number of nitrogens with two attached hydrogens (primary N) is 1. The number of ether oxygens (including phenoxy) is 1. The lowest BCUT2D eigenvalue weighted by Crippen LogP contribution is -2.50. The molecule has 1 fully saturated rings. The van der Waals surface area contributed by atoms with Crippen LogP contribution in [-0.2, 0) is 11.0 Å². The third-order valence-corrected chi connectivity index (χ3v) is 5.88. The highest BCUT2D eigenvalue weighted by atomic mass is 35.5. The molecule has 1 atom stereocenters. The molecule has 2 aromatic carbocycles. The zero-order valence-electron chi connectivity index (χ0n) is 18.7. The number of alkyl halides is 3. The van der Waals surface area contributed by atoms with Gasteiger partial charge in [0.25, 0.3) is 5.91 Å². The molecule has 0 unspecified atom stereocenters. The second-order valence-corrected chi connectivity index (χ2v) is 9.05. The second kappa shape index (κ2) is 10.7. The van der Waals surface area contributed by atoms with Crippen LogP contribution in [0.3, 0.4) is 0 Å². The molecule has 5 nitrogen and oxygen atoms in total. The van der Waals surface area contributed by atoms with Crippen molar-refractivity contribution < 1.29 is 22.7 Å². The first-order valence-corrected chi connectivity index (χ1v) is 11.3. The summed E-state index contributed by atoms with van der Waals surface area (Å²) < 4.78 is 45.5. The van der Waals surface area contributed by atoms with Gasteiger partial charge in [0.2, 0.25) is 0 Å². The van der Waals surface area contributed by atoms with Crippen molar-refractivity contribution >= 4 is 23.2 Å². The van der Waals surface area contributed by atoms with Gasteiger partial charge >= 0.3 is 6.18 Å². The van der Waals surface area contributed by atoms with Crippen molar-refractivity contribution in [3.05, 3.63) is 58.6 Å². The van der Waals surface area contributed by atoms with E-state index in [2.05, 4.69) is 0 Å². The molecule has 33 heavy (non-hydrogen) atoms. The fourth-order valence-electron chi connectivity index (χ4n) is 3.91. The van der Waals surface area contributed by atoms with Gasteiger partial charge in [-0.2, -0.15) is 13.2 Å². The van der Waals surface area contributed by atoms with Crippen LogP contribution in [0, 0.1) is 5.92 Å². The number of anilines is 1. The van der Waals surface area contributed by atoms with Gasteiger partial charge in [0, 0.05) is 42.9 Å². The maximum Gasteiger partial charge on any atom is 0.416 e. The average molecular weight is 484 g/mol. The van der Waals surface area contributed by atoms with Gasteiger partial charge in [-0.05, 0) is 60.4 Å². The van der Waals surface area contributed by atoms with Gasteiger partial charge < -0.3 is 20.3 Å². The van der Waals surface area contributed by atoms with E-state index >= 15 is 0 Å². The summed E-state index contributed by atoms with van der Waals surface area (Å²) in [5, 5.41) is 0.584. The molecule has 0 bridgehead atoms. The molecule has 2 N–H and O–H groups in total. The summed E-state index contributed by atoms with van der Waals surface area (Å²) in [6.07, 6.45) is -3.85. The average Bonchev–Trinajstić information content (AvgIpc) is 2.77. The molecule has 3 rings (SSSR count). The van der Waals surface area contributed by atoms with Crippen LogP contribution in [0.25, 0.3) is 0 Å². The summed E-state index contributed by atoms with van der Waals surface area (Å²) in [5.41, 5.74) is 6.80. The number of nitrogens with zero attached hydrogens (tertiary/aromatic N) is 2. The number of benzene rings is 2. The Bertz CT molecular complexity index is 943. The predicted octanol–water partition coefficient (Wildman–Crippen LogP) is 5.13. The van der Waals surface area contributed by atoms with Crippen molar-refractivity contribution in [3.63, 3.8) is 0 Å². The summed E-state index contributed by atoms with van der Waals surface area (Å²) >= 11 is 5.85. The zero-order valence-corrected chi connectivity index (χ0v) is 19.5. The lowest BCUT2D eigenvalue weighted by Gasteiger charge is -2.37. The molecule has 1 saturated heterocycles. The van der Waals surface area contributed by atoms with E-state index in [1.54, 1.807) is 29.2 Å². The Morgan fingerprint density at radius 1 is 1.09 bits per heavy atom. The topological polar surface area (TPSA) is 58.8 Å². The van der Waals surface area contributed by atoms with Gasteiger partial charge in [-0.3, -0.25) is 4.79 Å². The molecule has 1 amide bonds. The molecule has 2 aromatic rings. The minimum absolute atomic E-state index is 0.0908. The number of carbonyl (C=O) groups is 1. The van der Waals surface area contributed by atoms with Gasteiger partial charge in [-0.15, -0.1) is 0 Å². The maximum atomic E-state index is 13.3. The first-order chi connectivity index (χ1) is 15.5. The number of amides is 1. The van der Waals surface area contributed by atoms with Crippen LogP contribution in [0.2, 0.25) is 5.02 Å². The van der Waals surface area contributed by atoms with Gasteiger partial charge in [-0.25, -0.2) is 0 Å². The number of hydrogen-bond donors (Lipinski definition) is 1. The van der Waals surface area contributed by atoms with Crippen LogP contribution in [0.5, 0.6) is 5.75 Å². The lowest BCUT2D eigenvalue weighted by molar-refractivity contribution is -0.137. The molecule has 1 aliphatic rings. The van der Waals surface area contributed by atoms with Crippen molar-refractivity contribution in [2.24, 2.45) is 11.7 Å². The first kappa shape index (κ1) is 25.2. The van der Waals surface area contributed by atoms with Crippen LogP contribution in [0.15, 0.2) is 42.5 Å². The number of carbonyl (C=O) groups excluding carboxylic acids is 1. The fraction of sp³-hybridized carbons (Fsp3) is 0.458. The van der Waals surface area contributed by atoms with E-state index in [-0.39, 0.29) is 18.4 Å². The SMILES string of the molecule is CC(C)C[C@H](N)c1cc(C(F)(F)F)ccc1N1CCN(C(=O)COc2ccc(Cl)cc2)CC1. The second-order valence-electron chi connectivity index (χ2n) is 8.62. The third-order valence-electron chi connectivity index (χ3n) is 5.63. The quantitative estimate of drug-likeness (QED) is 0.593. The smallest absolute Gasteiger partial charge is 0.416 e. The molecule has 0 saturated carbocycles. The van der Waals surface area contributed by atoms with Crippen molar-refractivity contribution in [2.75, 3.05) is 37.7 Å². The van der Waals surface area contributed by atoms with Crippen LogP contribution in [0.4, 0.5) is 18.9 Å². The van der Waals surface area contributed by atoms with Gasteiger partial charge in [-0.1, -0.05) is 25.4 Å². The van der Waals surface area contributed by atoms with Crippen molar-refractivity contribution in [2.45, 2.75) is 32.5 Å². The van der Waals surface area contributed by atoms with Crippen molar-refractivity contribution in [3.8, 4) is 5.75 Å². The minimum Gasteiger partial charge on any atom is -0.484 e. The predicted molar refractivity (Wildman–Crippen MR) is 124 cm³/mol. The summed E-state index contributed by atoms with van der Waals surface area (Å²) in [7, 11) is 0. The Hall–Kier alpha value is -2.45. The molecule has 1 aliphatic heterocycles. The van der Waals surface area contributed by atoms with Crippen LogP contribution in [0.1, 0.15) is 37.4 Å². The Labute approximate surface area is 197 Å². The number of hydrogen-bond acceptors (Lipinski definition) is 4. The molecule has 0 spiro atoms. The molecule has 0 aromatic heterocycles. The zero-order chi connectivity index (χ0) is 24.2. The summed E-state index contributed by atoms with van der Waals surface area (Å²) in [4.78, 5) is 16.2. The molecule has 180 valence electrons. The van der Waals surface area contributed by atoms with Crippen LogP contribution >= 0.6 is 11.6 Å². The molecular formula is C24H29ClF3N3O2. The molecule has 0 radical (unpaired) electrons. The number of piperazine rings is 1. The van der Waals surface area contributed by atoms with E-state index in [0.717, 1.165) is 6.07 Å². The summed E-state index contributed by atoms with van der Waals surface area (Å²) in [6.45, 7) is 5.78. The monoisotopic (exact) mass is 483 g/mol. The van der Waals surface area contributed by atoms with E-state index in [1.807, 2.05) is 18.7 Å². The Morgan fingerprint density at radius 3 is 2.30 bits per heavy atom. The van der Waals surface area contributed by atoms with E-state index in [4.69, 9.17) is 22.1 Å². The lowest BCUT2D eigenvalue weighted by atomic mass is 9.94. The van der Waals surface area contributed by atoms with Gasteiger partial charge in [0.1, 0.15) is 5.75 Å².